The monoisotopic (exact) mass is 278 g/mol. The fourth-order valence-electron chi connectivity index (χ4n) is 2.42. The Morgan fingerprint density at radius 3 is 2.50 bits per heavy atom. The van der Waals surface area contributed by atoms with Gasteiger partial charge in [0.2, 0.25) is 0 Å². The summed E-state index contributed by atoms with van der Waals surface area (Å²) < 4.78 is 0. The number of anilines is 1. The lowest BCUT2D eigenvalue weighted by atomic mass is 10.0. The molecule has 1 aromatic rings. The highest BCUT2D eigenvalue weighted by Crippen LogP contribution is 2.27. The van der Waals surface area contributed by atoms with Gasteiger partial charge >= 0.3 is 0 Å². The Balaban J connectivity index is 2.25. The van der Waals surface area contributed by atoms with Crippen LogP contribution in [0.5, 0.6) is 0 Å². The molecular formula is C13H18N4O3. The molecule has 0 bridgehead atoms. The molecule has 1 fully saturated rings. The van der Waals surface area contributed by atoms with Crippen LogP contribution in [0.3, 0.4) is 0 Å². The van der Waals surface area contributed by atoms with Gasteiger partial charge in [0.15, 0.2) is 0 Å². The number of hydrogen-bond acceptors (Lipinski definition) is 5. The Kier molecular flexibility index (Phi) is 3.89. The van der Waals surface area contributed by atoms with Crippen LogP contribution in [-0.4, -0.2) is 28.8 Å². The van der Waals surface area contributed by atoms with Gasteiger partial charge in [-0.1, -0.05) is 13.8 Å². The normalized spacial score (nSPS) is 21.9. The summed E-state index contributed by atoms with van der Waals surface area (Å²) in [5.41, 5.74) is 2.67. The number of likely N-dealkylation sites (tertiary alicyclic amines) is 1. The van der Waals surface area contributed by atoms with Crippen LogP contribution in [0.4, 0.5) is 11.4 Å². The minimum atomic E-state index is -0.538. The zero-order valence-electron chi connectivity index (χ0n) is 11.5. The van der Waals surface area contributed by atoms with Crippen molar-refractivity contribution in [2.24, 2.45) is 17.7 Å². The minimum Gasteiger partial charge on any atom is -0.338 e. The van der Waals surface area contributed by atoms with E-state index in [1.54, 1.807) is 4.90 Å². The number of nitro benzene ring substituents is 1. The van der Waals surface area contributed by atoms with Crippen LogP contribution < -0.4 is 11.3 Å². The highest BCUT2D eigenvalue weighted by atomic mass is 16.6. The van der Waals surface area contributed by atoms with Crippen LogP contribution in [0.25, 0.3) is 0 Å². The van der Waals surface area contributed by atoms with E-state index in [4.69, 9.17) is 5.84 Å². The second-order valence-electron chi connectivity index (χ2n) is 5.30. The van der Waals surface area contributed by atoms with E-state index in [1.165, 1.54) is 18.2 Å². The van der Waals surface area contributed by atoms with Gasteiger partial charge in [0.05, 0.1) is 4.92 Å². The zero-order chi connectivity index (χ0) is 14.9. The van der Waals surface area contributed by atoms with E-state index in [1.807, 2.05) is 0 Å². The molecule has 1 saturated heterocycles. The van der Waals surface area contributed by atoms with Gasteiger partial charge in [0, 0.05) is 24.7 Å². The summed E-state index contributed by atoms with van der Waals surface area (Å²) in [6, 6.07) is 4.19. The third-order valence-electron chi connectivity index (χ3n) is 3.87. The largest absolute Gasteiger partial charge is 0.338 e. The van der Waals surface area contributed by atoms with Gasteiger partial charge in [-0.2, -0.15) is 0 Å². The summed E-state index contributed by atoms with van der Waals surface area (Å²) in [6.07, 6.45) is 0. The number of hydrogen-bond donors (Lipinski definition) is 2. The number of nitrogens with two attached hydrogens (primary N) is 1. The molecule has 1 aliphatic heterocycles. The van der Waals surface area contributed by atoms with Crippen molar-refractivity contribution < 1.29 is 9.72 Å². The van der Waals surface area contributed by atoms with Crippen LogP contribution in [0, 0.1) is 22.0 Å². The molecule has 0 radical (unpaired) electrons. The fourth-order valence-corrected chi connectivity index (χ4v) is 2.42. The lowest BCUT2D eigenvalue weighted by Gasteiger charge is -2.16. The van der Waals surface area contributed by atoms with Crippen molar-refractivity contribution in [1.82, 2.24) is 4.90 Å². The summed E-state index contributed by atoms with van der Waals surface area (Å²) in [7, 11) is 0. The molecule has 1 aromatic carbocycles. The molecule has 1 heterocycles. The summed E-state index contributed by atoms with van der Waals surface area (Å²) >= 11 is 0. The first-order chi connectivity index (χ1) is 9.43. The number of nitrogens with one attached hydrogen (secondary N) is 1. The second-order valence-corrected chi connectivity index (χ2v) is 5.30. The van der Waals surface area contributed by atoms with Crippen molar-refractivity contribution in [1.29, 1.82) is 0 Å². The van der Waals surface area contributed by atoms with Crippen LogP contribution >= 0.6 is 0 Å². The van der Waals surface area contributed by atoms with Gasteiger partial charge in [-0.25, -0.2) is 0 Å². The average Bonchev–Trinajstić information content (AvgIpc) is 2.77. The number of benzene rings is 1. The molecule has 0 aromatic heterocycles. The maximum Gasteiger partial charge on any atom is 0.293 e. The second kappa shape index (κ2) is 5.46. The van der Waals surface area contributed by atoms with Crippen molar-refractivity contribution in [2.45, 2.75) is 13.8 Å². The number of carbonyl (C=O) groups is 1. The van der Waals surface area contributed by atoms with E-state index in [0.717, 1.165) is 0 Å². The molecule has 3 N–H and O–H groups in total. The number of carbonyl (C=O) groups excluding carboxylic acids is 1. The molecule has 7 nitrogen and oxygen atoms in total. The number of amides is 1. The Morgan fingerprint density at radius 2 is 2.00 bits per heavy atom. The summed E-state index contributed by atoms with van der Waals surface area (Å²) in [6.45, 7) is 5.64. The van der Waals surface area contributed by atoms with E-state index < -0.39 is 4.92 Å². The van der Waals surface area contributed by atoms with Gasteiger partial charge in [-0.05, 0) is 24.0 Å². The Morgan fingerprint density at radius 1 is 1.40 bits per heavy atom. The van der Waals surface area contributed by atoms with Gasteiger partial charge in [-0.3, -0.25) is 20.8 Å². The SMILES string of the molecule is CC1CN(C(=O)c2ccc([N+](=O)[O-])c(NN)c2)CC1C. The topological polar surface area (TPSA) is 102 Å². The van der Waals surface area contributed by atoms with E-state index >= 15 is 0 Å². The molecule has 0 spiro atoms. The van der Waals surface area contributed by atoms with Crippen LogP contribution in [0.15, 0.2) is 18.2 Å². The van der Waals surface area contributed by atoms with E-state index in [-0.39, 0.29) is 17.3 Å². The summed E-state index contributed by atoms with van der Waals surface area (Å²) in [5.74, 6) is 6.08. The molecule has 1 aliphatic rings. The van der Waals surface area contributed by atoms with Crippen molar-refractivity contribution in [3.05, 3.63) is 33.9 Å². The quantitative estimate of drug-likeness (QED) is 0.497. The van der Waals surface area contributed by atoms with Gasteiger partial charge in [0.25, 0.3) is 11.6 Å². The predicted molar refractivity (Wildman–Crippen MR) is 75.1 cm³/mol. The highest BCUT2D eigenvalue weighted by Gasteiger charge is 2.30. The molecule has 0 aliphatic carbocycles. The summed E-state index contributed by atoms with van der Waals surface area (Å²) in [4.78, 5) is 24.4. The van der Waals surface area contributed by atoms with Crippen LogP contribution in [-0.2, 0) is 0 Å². The van der Waals surface area contributed by atoms with Crippen molar-refractivity contribution in [3.8, 4) is 0 Å². The fraction of sp³-hybridized carbons (Fsp3) is 0.462. The molecule has 2 unspecified atom stereocenters. The Bertz CT molecular complexity index is 536. The number of nitrogens with zero attached hydrogens (tertiary/aromatic N) is 2. The number of nitrogen functional groups attached to an aromatic ring is 1. The summed E-state index contributed by atoms with van der Waals surface area (Å²) in [5, 5.41) is 10.8. The maximum absolute atomic E-state index is 12.4. The first-order valence-corrected chi connectivity index (χ1v) is 6.48. The maximum atomic E-state index is 12.4. The minimum absolute atomic E-state index is 0.118. The predicted octanol–water partition coefficient (Wildman–Crippen LogP) is 1.61. The van der Waals surface area contributed by atoms with E-state index in [9.17, 15) is 14.9 Å². The van der Waals surface area contributed by atoms with Crippen LogP contribution in [0.1, 0.15) is 24.2 Å². The molecule has 20 heavy (non-hydrogen) atoms. The van der Waals surface area contributed by atoms with Gasteiger partial charge < -0.3 is 10.3 Å². The number of rotatable bonds is 3. The first-order valence-electron chi connectivity index (χ1n) is 6.48. The third-order valence-corrected chi connectivity index (χ3v) is 3.87. The number of nitro groups is 1. The molecule has 108 valence electrons. The number of hydrazine groups is 1. The van der Waals surface area contributed by atoms with E-state index in [2.05, 4.69) is 19.3 Å². The van der Waals surface area contributed by atoms with E-state index in [0.29, 0.717) is 30.5 Å². The standard InChI is InChI=1S/C13H18N4O3/c1-8-6-16(7-9(8)2)13(18)10-3-4-12(17(19)20)11(5-10)15-14/h3-5,8-9,15H,6-7,14H2,1-2H3. The third kappa shape index (κ3) is 2.57. The first kappa shape index (κ1) is 14.3. The lowest BCUT2D eigenvalue weighted by molar-refractivity contribution is -0.384. The zero-order valence-corrected chi connectivity index (χ0v) is 11.5. The molecule has 1 amide bonds. The van der Waals surface area contributed by atoms with Crippen molar-refractivity contribution >= 4 is 17.3 Å². The lowest BCUT2D eigenvalue weighted by Crippen LogP contribution is -2.29. The van der Waals surface area contributed by atoms with Gasteiger partial charge in [-0.15, -0.1) is 0 Å². The molecule has 0 saturated carbocycles. The highest BCUT2D eigenvalue weighted by molar-refractivity contribution is 5.96. The van der Waals surface area contributed by atoms with Crippen LogP contribution in [0.2, 0.25) is 0 Å². The average molecular weight is 278 g/mol. The molecular weight excluding hydrogens is 260 g/mol. The smallest absolute Gasteiger partial charge is 0.293 e. The van der Waals surface area contributed by atoms with Gasteiger partial charge in [0.1, 0.15) is 5.69 Å². The Labute approximate surface area is 116 Å². The molecule has 2 rings (SSSR count). The Hall–Kier alpha value is -2.15. The van der Waals surface area contributed by atoms with Crippen molar-refractivity contribution in [2.75, 3.05) is 18.5 Å². The van der Waals surface area contributed by atoms with Crippen molar-refractivity contribution in [3.63, 3.8) is 0 Å². The molecule has 2 atom stereocenters. The molecule has 7 heteroatoms.